The van der Waals surface area contributed by atoms with Gasteiger partial charge in [-0.3, -0.25) is 4.79 Å². The topological polar surface area (TPSA) is 68.9 Å². The zero-order valence-electron chi connectivity index (χ0n) is 8.22. The minimum atomic E-state index is -0.738. The molecule has 5 heteroatoms. The van der Waals surface area contributed by atoms with E-state index in [-0.39, 0.29) is 5.82 Å². The maximum Gasteiger partial charge on any atom is 0.286 e. The molecule has 4 nitrogen and oxygen atoms in total. The van der Waals surface area contributed by atoms with Crippen molar-refractivity contribution < 1.29 is 9.18 Å². The number of hydrogen-bond acceptors (Lipinski definition) is 3. The summed E-state index contributed by atoms with van der Waals surface area (Å²) in [6.45, 7) is 0. The zero-order chi connectivity index (χ0) is 11.5. The summed E-state index contributed by atoms with van der Waals surface area (Å²) in [6, 6.07) is 7.67. The molecule has 0 aliphatic rings. The predicted molar refractivity (Wildman–Crippen MR) is 55.9 cm³/mol. The van der Waals surface area contributed by atoms with Crippen LogP contribution in [0.5, 0.6) is 0 Å². The van der Waals surface area contributed by atoms with Gasteiger partial charge in [-0.1, -0.05) is 12.1 Å². The Labute approximate surface area is 91.0 Å². The molecule has 80 valence electrons. The van der Waals surface area contributed by atoms with E-state index in [9.17, 15) is 9.18 Å². The van der Waals surface area contributed by atoms with Gasteiger partial charge in [0.05, 0.1) is 5.69 Å². The molecule has 1 amide bonds. The van der Waals surface area contributed by atoms with Gasteiger partial charge in [0.15, 0.2) is 0 Å². The first-order valence-corrected chi connectivity index (χ1v) is 4.56. The molecule has 0 radical (unpaired) electrons. The number of halogens is 1. The number of nitrogens with two attached hydrogens (primary N) is 1. The lowest BCUT2D eigenvalue weighted by atomic mass is 10.1. The summed E-state index contributed by atoms with van der Waals surface area (Å²) in [7, 11) is 0. The lowest BCUT2D eigenvalue weighted by molar-refractivity contribution is 0.0990. The van der Waals surface area contributed by atoms with E-state index in [1.54, 1.807) is 18.2 Å². The molecule has 1 aromatic carbocycles. The number of benzene rings is 1. The van der Waals surface area contributed by atoms with Crippen LogP contribution in [0.15, 0.2) is 36.5 Å². The lowest BCUT2D eigenvalue weighted by Gasteiger charge is -2.02. The van der Waals surface area contributed by atoms with Crippen molar-refractivity contribution in [1.29, 1.82) is 0 Å². The number of hydrogen-bond donors (Lipinski definition) is 1. The summed E-state index contributed by atoms with van der Waals surface area (Å²) in [4.78, 5) is 18.4. The monoisotopic (exact) mass is 217 g/mol. The molecule has 1 aromatic heterocycles. The highest BCUT2D eigenvalue weighted by Gasteiger charge is 2.09. The Hall–Kier alpha value is -2.30. The molecule has 0 bridgehead atoms. The molecule has 0 saturated heterocycles. The van der Waals surface area contributed by atoms with Crippen molar-refractivity contribution in [2.45, 2.75) is 0 Å². The molecule has 0 unspecified atom stereocenters. The molecule has 16 heavy (non-hydrogen) atoms. The average Bonchev–Trinajstić information content (AvgIpc) is 2.30. The fourth-order valence-corrected chi connectivity index (χ4v) is 1.30. The summed E-state index contributed by atoms with van der Waals surface area (Å²) in [5, 5.41) is 0. The lowest BCUT2D eigenvalue weighted by Crippen LogP contribution is -2.15. The second-order valence-corrected chi connectivity index (χ2v) is 3.11. The number of carbonyl (C=O) groups excluding carboxylic acids is 1. The second-order valence-electron chi connectivity index (χ2n) is 3.11. The van der Waals surface area contributed by atoms with Crippen LogP contribution in [-0.2, 0) is 0 Å². The largest absolute Gasteiger partial charge is 0.363 e. The van der Waals surface area contributed by atoms with Crippen LogP contribution in [0.4, 0.5) is 4.39 Å². The van der Waals surface area contributed by atoms with Gasteiger partial charge >= 0.3 is 0 Å². The third-order valence-corrected chi connectivity index (χ3v) is 2.03. The smallest absolute Gasteiger partial charge is 0.286 e. The van der Waals surface area contributed by atoms with Crippen molar-refractivity contribution in [3.8, 4) is 11.3 Å². The summed E-state index contributed by atoms with van der Waals surface area (Å²) in [5.41, 5.74) is 5.69. The Morgan fingerprint density at radius 3 is 2.69 bits per heavy atom. The van der Waals surface area contributed by atoms with Crippen molar-refractivity contribution >= 4 is 5.91 Å². The molecule has 1 heterocycles. The van der Waals surface area contributed by atoms with Gasteiger partial charge in [0.25, 0.3) is 5.91 Å². The van der Waals surface area contributed by atoms with Crippen molar-refractivity contribution in [2.24, 2.45) is 5.73 Å². The highest BCUT2D eigenvalue weighted by molar-refractivity contribution is 5.89. The normalized spacial score (nSPS) is 10.1. The summed E-state index contributed by atoms with van der Waals surface area (Å²) in [5.74, 6) is -1.27. The molecule has 2 N–H and O–H groups in total. The molecule has 0 saturated carbocycles. The number of carbonyl (C=O) groups is 1. The molecule has 0 aliphatic carbocycles. The molecule has 2 aromatic rings. The predicted octanol–water partition coefficient (Wildman–Crippen LogP) is 1.38. The van der Waals surface area contributed by atoms with E-state index < -0.39 is 11.7 Å². The summed E-state index contributed by atoms with van der Waals surface area (Å²) < 4.78 is 13.4. The van der Waals surface area contributed by atoms with E-state index in [4.69, 9.17) is 5.73 Å². The molecule has 0 fully saturated rings. The van der Waals surface area contributed by atoms with Gasteiger partial charge in [0.2, 0.25) is 5.82 Å². The Bertz CT molecular complexity index is 542. The van der Waals surface area contributed by atoms with Crippen LogP contribution in [0, 0.1) is 5.82 Å². The van der Waals surface area contributed by atoms with Crippen LogP contribution in [0.3, 0.4) is 0 Å². The van der Waals surface area contributed by atoms with E-state index >= 15 is 0 Å². The van der Waals surface area contributed by atoms with Gasteiger partial charge in [-0.05, 0) is 18.2 Å². The Morgan fingerprint density at radius 1 is 1.25 bits per heavy atom. The first-order valence-electron chi connectivity index (χ1n) is 4.56. The van der Waals surface area contributed by atoms with E-state index in [2.05, 4.69) is 9.97 Å². The fraction of sp³-hybridized carbons (Fsp3) is 0. The Balaban J connectivity index is 2.53. The van der Waals surface area contributed by atoms with E-state index in [0.29, 0.717) is 11.3 Å². The van der Waals surface area contributed by atoms with Crippen molar-refractivity contribution in [2.75, 3.05) is 0 Å². The number of amides is 1. The first kappa shape index (κ1) is 10.2. The molecule has 0 aliphatic heterocycles. The minimum Gasteiger partial charge on any atom is -0.363 e. The number of aromatic nitrogens is 2. The van der Waals surface area contributed by atoms with Gasteiger partial charge in [-0.25, -0.2) is 14.4 Å². The Kier molecular flexibility index (Phi) is 2.59. The van der Waals surface area contributed by atoms with Crippen molar-refractivity contribution in [3.05, 3.63) is 48.2 Å². The van der Waals surface area contributed by atoms with Crippen LogP contribution in [0.1, 0.15) is 10.6 Å². The standard InChI is InChI=1S/C11H8FN3O/c12-8-4-2-1-3-7(8)9-5-6-14-11(15-9)10(13)16/h1-6H,(H2,13,16). The number of nitrogens with zero attached hydrogens (tertiary/aromatic N) is 2. The number of rotatable bonds is 2. The van der Waals surface area contributed by atoms with Gasteiger partial charge in [-0.2, -0.15) is 0 Å². The highest BCUT2D eigenvalue weighted by atomic mass is 19.1. The quantitative estimate of drug-likeness (QED) is 0.826. The fourth-order valence-electron chi connectivity index (χ4n) is 1.30. The van der Waals surface area contributed by atoms with Crippen molar-refractivity contribution in [1.82, 2.24) is 9.97 Å². The van der Waals surface area contributed by atoms with Crippen LogP contribution in [-0.4, -0.2) is 15.9 Å². The first-order chi connectivity index (χ1) is 7.68. The molecular weight excluding hydrogens is 209 g/mol. The van der Waals surface area contributed by atoms with E-state index in [0.717, 1.165) is 0 Å². The van der Waals surface area contributed by atoms with Gasteiger partial charge in [0, 0.05) is 11.8 Å². The minimum absolute atomic E-state index is 0.124. The Morgan fingerprint density at radius 2 is 2.00 bits per heavy atom. The SMILES string of the molecule is NC(=O)c1nccc(-c2ccccc2F)n1. The van der Waals surface area contributed by atoms with Gasteiger partial charge < -0.3 is 5.73 Å². The molecule has 0 atom stereocenters. The van der Waals surface area contributed by atoms with Crippen LogP contribution in [0.2, 0.25) is 0 Å². The second kappa shape index (κ2) is 4.06. The van der Waals surface area contributed by atoms with Gasteiger partial charge in [-0.15, -0.1) is 0 Å². The molecule has 0 spiro atoms. The van der Waals surface area contributed by atoms with Crippen LogP contribution in [0.25, 0.3) is 11.3 Å². The molecule has 2 rings (SSSR count). The average molecular weight is 217 g/mol. The van der Waals surface area contributed by atoms with Crippen LogP contribution < -0.4 is 5.73 Å². The van der Waals surface area contributed by atoms with Crippen molar-refractivity contribution in [3.63, 3.8) is 0 Å². The number of primary amides is 1. The third kappa shape index (κ3) is 1.88. The van der Waals surface area contributed by atoms with Crippen LogP contribution >= 0.6 is 0 Å². The molecular formula is C11H8FN3O. The van der Waals surface area contributed by atoms with Gasteiger partial charge in [0.1, 0.15) is 5.82 Å². The summed E-state index contributed by atoms with van der Waals surface area (Å²) >= 11 is 0. The zero-order valence-corrected chi connectivity index (χ0v) is 8.22. The maximum absolute atomic E-state index is 13.4. The van der Waals surface area contributed by atoms with E-state index in [1.165, 1.54) is 18.3 Å². The third-order valence-electron chi connectivity index (χ3n) is 2.03. The maximum atomic E-state index is 13.4. The van der Waals surface area contributed by atoms with E-state index in [1.807, 2.05) is 0 Å². The summed E-state index contributed by atoms with van der Waals surface area (Å²) in [6.07, 6.45) is 1.37. The highest BCUT2D eigenvalue weighted by Crippen LogP contribution is 2.19.